The fourth-order valence-electron chi connectivity index (χ4n) is 1.96. The van der Waals surface area contributed by atoms with E-state index < -0.39 is 0 Å². The van der Waals surface area contributed by atoms with Gasteiger partial charge in [0.05, 0.1) is 0 Å². The smallest absolute Gasteiger partial charge is 0.145 e. The maximum Gasteiger partial charge on any atom is 0.145 e. The van der Waals surface area contributed by atoms with Crippen LogP contribution in [-0.2, 0) is 0 Å². The van der Waals surface area contributed by atoms with Gasteiger partial charge in [-0.2, -0.15) is 5.26 Å². The van der Waals surface area contributed by atoms with Crippen molar-refractivity contribution in [1.29, 1.82) is 5.26 Å². The standard InChI is InChI=1S/C15H10N4/c16-9-12-8-15(18-10-17-12)19-14-7-3-5-11-4-1-2-6-13(11)14/h1-8,10H,(H,17,18,19). The molecular weight excluding hydrogens is 236 g/mol. The van der Waals surface area contributed by atoms with Crippen molar-refractivity contribution >= 4 is 22.3 Å². The van der Waals surface area contributed by atoms with Gasteiger partial charge in [-0.3, -0.25) is 0 Å². The molecule has 19 heavy (non-hydrogen) atoms. The quantitative estimate of drug-likeness (QED) is 0.754. The maximum absolute atomic E-state index is 8.83. The summed E-state index contributed by atoms with van der Waals surface area (Å²) in [6, 6.07) is 17.7. The summed E-state index contributed by atoms with van der Waals surface area (Å²) in [7, 11) is 0. The zero-order valence-corrected chi connectivity index (χ0v) is 10.0. The van der Waals surface area contributed by atoms with Crippen molar-refractivity contribution in [2.45, 2.75) is 0 Å². The summed E-state index contributed by atoms with van der Waals surface area (Å²) in [5.41, 5.74) is 1.30. The molecule has 3 aromatic rings. The highest BCUT2D eigenvalue weighted by Gasteiger charge is 2.02. The van der Waals surface area contributed by atoms with Gasteiger partial charge in [0, 0.05) is 17.1 Å². The normalized spacial score (nSPS) is 10.1. The fraction of sp³-hybridized carbons (Fsp3) is 0. The van der Waals surface area contributed by atoms with E-state index in [9.17, 15) is 0 Å². The second-order valence-electron chi connectivity index (χ2n) is 4.05. The van der Waals surface area contributed by atoms with E-state index in [0.29, 0.717) is 11.5 Å². The monoisotopic (exact) mass is 246 g/mol. The summed E-state index contributed by atoms with van der Waals surface area (Å²) in [6.45, 7) is 0. The molecule has 2 aromatic carbocycles. The van der Waals surface area contributed by atoms with Crippen LogP contribution < -0.4 is 5.32 Å². The molecule has 0 saturated heterocycles. The SMILES string of the molecule is N#Cc1cc(Nc2cccc3ccccc23)ncn1. The highest BCUT2D eigenvalue weighted by molar-refractivity contribution is 5.95. The van der Waals surface area contributed by atoms with Gasteiger partial charge in [0.25, 0.3) is 0 Å². The molecule has 0 aliphatic rings. The van der Waals surface area contributed by atoms with Gasteiger partial charge in [-0.25, -0.2) is 9.97 Å². The van der Waals surface area contributed by atoms with E-state index in [1.165, 1.54) is 6.33 Å². The van der Waals surface area contributed by atoms with E-state index in [1.54, 1.807) is 6.07 Å². The Labute approximate surface area is 110 Å². The summed E-state index contributed by atoms with van der Waals surface area (Å²) < 4.78 is 0. The fourth-order valence-corrected chi connectivity index (χ4v) is 1.96. The molecule has 1 heterocycles. The molecule has 0 radical (unpaired) electrons. The van der Waals surface area contributed by atoms with Crippen molar-refractivity contribution in [2.75, 3.05) is 5.32 Å². The molecule has 0 fully saturated rings. The Hall–Kier alpha value is -2.93. The van der Waals surface area contributed by atoms with Gasteiger partial charge in [0.15, 0.2) is 0 Å². The lowest BCUT2D eigenvalue weighted by Crippen LogP contribution is -1.96. The average Bonchev–Trinajstić information content (AvgIpc) is 2.48. The Morgan fingerprint density at radius 3 is 2.74 bits per heavy atom. The summed E-state index contributed by atoms with van der Waals surface area (Å²) in [5, 5.41) is 14.3. The predicted octanol–water partition coefficient (Wildman–Crippen LogP) is 3.25. The predicted molar refractivity (Wildman–Crippen MR) is 74.0 cm³/mol. The first-order valence-electron chi connectivity index (χ1n) is 5.84. The van der Waals surface area contributed by atoms with Gasteiger partial charge in [-0.05, 0) is 11.5 Å². The number of nitrogens with zero attached hydrogens (tertiary/aromatic N) is 3. The Kier molecular flexibility index (Phi) is 2.79. The first kappa shape index (κ1) is 11.2. The van der Waals surface area contributed by atoms with Crippen LogP contribution >= 0.6 is 0 Å². The van der Waals surface area contributed by atoms with E-state index in [-0.39, 0.29) is 0 Å². The summed E-state index contributed by atoms with van der Waals surface area (Å²) in [6.07, 6.45) is 1.38. The van der Waals surface area contributed by atoms with Crippen molar-refractivity contribution in [3.63, 3.8) is 0 Å². The van der Waals surface area contributed by atoms with Crippen LogP contribution in [0.5, 0.6) is 0 Å². The number of fused-ring (bicyclic) bond motifs is 1. The minimum atomic E-state index is 0.345. The molecule has 0 bridgehead atoms. The Bertz CT molecular complexity index is 769. The zero-order valence-electron chi connectivity index (χ0n) is 10.0. The van der Waals surface area contributed by atoms with Crippen LogP contribution in [0.2, 0.25) is 0 Å². The average molecular weight is 246 g/mol. The van der Waals surface area contributed by atoms with Crippen LogP contribution in [0, 0.1) is 11.3 Å². The molecule has 1 N–H and O–H groups in total. The van der Waals surface area contributed by atoms with Gasteiger partial charge in [0.1, 0.15) is 23.9 Å². The third-order valence-corrected chi connectivity index (χ3v) is 2.83. The van der Waals surface area contributed by atoms with Crippen LogP contribution in [-0.4, -0.2) is 9.97 Å². The Morgan fingerprint density at radius 1 is 1.00 bits per heavy atom. The highest BCUT2D eigenvalue weighted by Crippen LogP contribution is 2.25. The summed E-state index contributed by atoms with van der Waals surface area (Å²) in [5.74, 6) is 0.614. The number of anilines is 2. The van der Waals surface area contributed by atoms with Crippen LogP contribution in [0.1, 0.15) is 5.69 Å². The molecule has 0 saturated carbocycles. The van der Waals surface area contributed by atoms with Crippen molar-refractivity contribution in [2.24, 2.45) is 0 Å². The van der Waals surface area contributed by atoms with Crippen molar-refractivity contribution in [3.05, 3.63) is 60.6 Å². The molecule has 4 heteroatoms. The molecule has 3 rings (SSSR count). The van der Waals surface area contributed by atoms with Crippen LogP contribution in [0.15, 0.2) is 54.9 Å². The first-order valence-corrected chi connectivity index (χ1v) is 5.84. The van der Waals surface area contributed by atoms with Crippen LogP contribution in [0.4, 0.5) is 11.5 Å². The van der Waals surface area contributed by atoms with Crippen molar-refractivity contribution in [1.82, 2.24) is 9.97 Å². The minimum Gasteiger partial charge on any atom is -0.340 e. The van der Waals surface area contributed by atoms with Crippen LogP contribution in [0.3, 0.4) is 0 Å². The third kappa shape index (κ3) is 2.22. The molecular formula is C15H10N4. The van der Waals surface area contributed by atoms with E-state index in [1.807, 2.05) is 36.4 Å². The van der Waals surface area contributed by atoms with Crippen molar-refractivity contribution < 1.29 is 0 Å². The summed E-state index contributed by atoms with van der Waals surface area (Å²) in [4.78, 5) is 7.97. The van der Waals surface area contributed by atoms with Gasteiger partial charge in [0.2, 0.25) is 0 Å². The van der Waals surface area contributed by atoms with Crippen molar-refractivity contribution in [3.8, 4) is 6.07 Å². The molecule has 0 amide bonds. The number of hydrogen-bond acceptors (Lipinski definition) is 4. The number of nitriles is 1. The molecule has 90 valence electrons. The van der Waals surface area contributed by atoms with Gasteiger partial charge in [-0.15, -0.1) is 0 Å². The lowest BCUT2D eigenvalue weighted by atomic mass is 10.1. The lowest BCUT2D eigenvalue weighted by Gasteiger charge is -2.08. The van der Waals surface area contributed by atoms with Gasteiger partial charge >= 0.3 is 0 Å². The largest absolute Gasteiger partial charge is 0.340 e. The second kappa shape index (κ2) is 4.75. The van der Waals surface area contributed by atoms with E-state index in [4.69, 9.17) is 5.26 Å². The third-order valence-electron chi connectivity index (χ3n) is 2.83. The molecule has 4 nitrogen and oxygen atoms in total. The molecule has 0 unspecified atom stereocenters. The number of aromatic nitrogens is 2. The van der Waals surface area contributed by atoms with E-state index in [0.717, 1.165) is 16.5 Å². The van der Waals surface area contributed by atoms with Gasteiger partial charge < -0.3 is 5.32 Å². The van der Waals surface area contributed by atoms with E-state index in [2.05, 4.69) is 27.4 Å². The lowest BCUT2D eigenvalue weighted by molar-refractivity contribution is 1.14. The topological polar surface area (TPSA) is 61.6 Å². The molecule has 0 aliphatic carbocycles. The second-order valence-corrected chi connectivity index (χ2v) is 4.05. The highest BCUT2D eigenvalue weighted by atomic mass is 15.0. The molecule has 0 spiro atoms. The number of benzene rings is 2. The van der Waals surface area contributed by atoms with E-state index >= 15 is 0 Å². The molecule has 0 atom stereocenters. The Balaban J connectivity index is 2.04. The molecule has 0 aliphatic heterocycles. The number of rotatable bonds is 2. The number of nitrogens with one attached hydrogen (secondary N) is 1. The van der Waals surface area contributed by atoms with Gasteiger partial charge in [-0.1, -0.05) is 36.4 Å². The minimum absolute atomic E-state index is 0.345. The maximum atomic E-state index is 8.83. The van der Waals surface area contributed by atoms with Crippen LogP contribution in [0.25, 0.3) is 10.8 Å². The Morgan fingerprint density at radius 2 is 1.84 bits per heavy atom. The number of hydrogen-bond donors (Lipinski definition) is 1. The molecule has 1 aromatic heterocycles. The first-order chi connectivity index (χ1) is 9.36. The zero-order chi connectivity index (χ0) is 13.1. The summed E-state index contributed by atoms with van der Waals surface area (Å²) >= 11 is 0.